The van der Waals surface area contributed by atoms with Crippen molar-refractivity contribution in [2.24, 2.45) is 7.05 Å². The number of carboxylic acids is 1. The smallest absolute Gasteiger partial charge is 0.475 e. The van der Waals surface area contributed by atoms with Crippen LogP contribution < -0.4 is 0 Å². The van der Waals surface area contributed by atoms with E-state index in [0.29, 0.717) is 25.0 Å². The maximum absolute atomic E-state index is 12.7. The molecular weight excluding hydrogens is 409 g/mol. The minimum absolute atomic E-state index is 0.00688. The number of fused-ring (bicyclic) bond motifs is 1. The van der Waals surface area contributed by atoms with Crippen molar-refractivity contribution in [3.63, 3.8) is 0 Å². The quantitative estimate of drug-likeness (QED) is 0.750. The Labute approximate surface area is 171 Å². The molecule has 3 saturated heterocycles. The Hall–Kier alpha value is -2.18. The highest BCUT2D eigenvalue weighted by Gasteiger charge is 2.43. The summed E-state index contributed by atoms with van der Waals surface area (Å²) in [4.78, 5) is 30.1. The third-order valence-corrected chi connectivity index (χ3v) is 5.42. The molecule has 4 rings (SSSR count). The Morgan fingerprint density at radius 2 is 2.00 bits per heavy atom. The number of morpholine rings is 1. The molecule has 1 amide bonds. The second-order valence-electron chi connectivity index (χ2n) is 7.48. The van der Waals surface area contributed by atoms with E-state index in [4.69, 9.17) is 19.4 Å². The Kier molecular flexibility index (Phi) is 6.98. The molecule has 4 heterocycles. The van der Waals surface area contributed by atoms with Crippen LogP contribution in [0.1, 0.15) is 23.5 Å². The number of aromatic nitrogens is 2. The van der Waals surface area contributed by atoms with E-state index < -0.39 is 12.1 Å². The van der Waals surface area contributed by atoms with Crippen LogP contribution in [0.5, 0.6) is 0 Å². The highest BCUT2D eigenvalue weighted by Crippen LogP contribution is 2.26. The third kappa shape index (κ3) is 5.29. The maximum atomic E-state index is 12.7. The molecular formula is C18H25F3N4O5. The van der Waals surface area contributed by atoms with Gasteiger partial charge >= 0.3 is 12.1 Å². The molecule has 1 N–H and O–H groups in total. The van der Waals surface area contributed by atoms with Crippen LogP contribution in [0.15, 0.2) is 12.4 Å². The molecule has 0 saturated carbocycles. The van der Waals surface area contributed by atoms with Gasteiger partial charge in [0.1, 0.15) is 0 Å². The number of amides is 1. The van der Waals surface area contributed by atoms with Crippen molar-refractivity contribution in [3.8, 4) is 0 Å². The number of carbonyl (C=O) groups is 2. The zero-order chi connectivity index (χ0) is 21.9. The topological polar surface area (TPSA) is 97.1 Å². The van der Waals surface area contributed by atoms with Crippen LogP contribution >= 0.6 is 0 Å². The minimum Gasteiger partial charge on any atom is -0.475 e. The highest BCUT2D eigenvalue weighted by atomic mass is 19.4. The van der Waals surface area contributed by atoms with Gasteiger partial charge < -0.3 is 24.0 Å². The number of alkyl halides is 3. The molecule has 3 fully saturated rings. The molecule has 30 heavy (non-hydrogen) atoms. The Morgan fingerprint density at radius 1 is 1.27 bits per heavy atom. The number of carbonyl (C=O) groups excluding carboxylic acids is 1. The van der Waals surface area contributed by atoms with E-state index in [0.717, 1.165) is 39.1 Å². The van der Waals surface area contributed by atoms with Crippen LogP contribution in [-0.2, 0) is 21.3 Å². The number of likely N-dealkylation sites (tertiary alicyclic amines) is 1. The Bertz CT molecular complexity index is 750. The first-order valence-corrected chi connectivity index (χ1v) is 9.70. The number of imidazole rings is 1. The average Bonchev–Trinajstić information content (AvgIpc) is 3.41. The fourth-order valence-electron chi connectivity index (χ4n) is 3.91. The molecule has 0 radical (unpaired) electrons. The van der Waals surface area contributed by atoms with Gasteiger partial charge in [-0.3, -0.25) is 9.69 Å². The van der Waals surface area contributed by atoms with Crippen molar-refractivity contribution in [1.29, 1.82) is 0 Å². The van der Waals surface area contributed by atoms with Crippen molar-refractivity contribution in [2.75, 3.05) is 39.4 Å². The second kappa shape index (κ2) is 9.31. The van der Waals surface area contributed by atoms with Gasteiger partial charge in [0.2, 0.25) is 0 Å². The lowest BCUT2D eigenvalue weighted by atomic mass is 10.1. The molecule has 1 aromatic heterocycles. The number of rotatable bonds is 3. The summed E-state index contributed by atoms with van der Waals surface area (Å²) in [5.74, 6) is -2.27. The molecule has 9 nitrogen and oxygen atoms in total. The van der Waals surface area contributed by atoms with Gasteiger partial charge in [0.05, 0.1) is 24.9 Å². The SMILES string of the molecule is Cn1ccnc1C(=O)N1C[C@@H]2OCCN(CC3CCCO3)[C@@H]2C1.O=C(O)C(F)(F)F. The predicted octanol–water partition coefficient (Wildman–Crippen LogP) is 0.758. The van der Waals surface area contributed by atoms with Gasteiger partial charge in [0.15, 0.2) is 5.82 Å². The first-order valence-electron chi connectivity index (χ1n) is 9.70. The second-order valence-corrected chi connectivity index (χ2v) is 7.48. The fraction of sp³-hybridized carbons (Fsp3) is 0.722. The van der Waals surface area contributed by atoms with Crippen molar-refractivity contribution < 1.29 is 37.3 Å². The minimum atomic E-state index is -5.08. The molecule has 0 aromatic carbocycles. The average molecular weight is 434 g/mol. The summed E-state index contributed by atoms with van der Waals surface area (Å²) in [6.07, 6.45) is 1.13. The summed E-state index contributed by atoms with van der Waals surface area (Å²) in [6, 6.07) is 0.275. The van der Waals surface area contributed by atoms with Crippen LogP contribution in [-0.4, -0.2) is 100 Å². The predicted molar refractivity (Wildman–Crippen MR) is 96.9 cm³/mol. The molecule has 0 aliphatic carbocycles. The summed E-state index contributed by atoms with van der Waals surface area (Å²) < 4.78 is 45.2. The normalized spacial score (nSPS) is 26.8. The molecule has 3 atom stereocenters. The van der Waals surface area contributed by atoms with Crippen molar-refractivity contribution in [3.05, 3.63) is 18.2 Å². The van der Waals surface area contributed by atoms with Crippen LogP contribution in [0.3, 0.4) is 0 Å². The van der Waals surface area contributed by atoms with Gasteiger partial charge in [0, 0.05) is 52.2 Å². The molecule has 0 bridgehead atoms. The van der Waals surface area contributed by atoms with E-state index in [1.54, 1.807) is 17.0 Å². The zero-order valence-corrected chi connectivity index (χ0v) is 16.5. The van der Waals surface area contributed by atoms with Crippen LogP contribution in [0.2, 0.25) is 0 Å². The number of carboxylic acid groups (broad SMARTS) is 1. The number of hydrogen-bond donors (Lipinski definition) is 1. The van der Waals surface area contributed by atoms with Crippen molar-refractivity contribution in [2.45, 2.75) is 37.3 Å². The standard InChI is InChI=1S/C16H24N4O3.C2HF3O2/c1-18-5-4-17-15(18)16(21)20-10-13-14(11-20)23-8-6-19(13)9-12-3-2-7-22-12;3-2(4,5)1(6)7/h4-5,12-14H,2-3,6-11H2,1H3;(H,6,7)/t12?,13-,14+;/m1./s1. The van der Waals surface area contributed by atoms with Gasteiger partial charge in [-0.05, 0) is 12.8 Å². The first kappa shape index (κ1) is 22.5. The zero-order valence-electron chi connectivity index (χ0n) is 16.5. The van der Waals surface area contributed by atoms with Gasteiger partial charge in [0.25, 0.3) is 5.91 Å². The van der Waals surface area contributed by atoms with Gasteiger partial charge in [-0.2, -0.15) is 13.2 Å². The van der Waals surface area contributed by atoms with E-state index >= 15 is 0 Å². The van der Waals surface area contributed by atoms with Gasteiger partial charge in [-0.25, -0.2) is 9.78 Å². The summed E-state index contributed by atoms with van der Waals surface area (Å²) >= 11 is 0. The summed E-state index contributed by atoms with van der Waals surface area (Å²) in [6.45, 7) is 4.85. The molecule has 12 heteroatoms. The Morgan fingerprint density at radius 3 is 2.57 bits per heavy atom. The Balaban J connectivity index is 0.000000318. The number of halogens is 3. The summed E-state index contributed by atoms with van der Waals surface area (Å²) in [5.41, 5.74) is 0. The van der Waals surface area contributed by atoms with Crippen molar-refractivity contribution >= 4 is 11.9 Å². The third-order valence-electron chi connectivity index (χ3n) is 5.42. The van der Waals surface area contributed by atoms with E-state index in [1.165, 1.54) is 0 Å². The number of ether oxygens (including phenoxy) is 2. The fourth-order valence-corrected chi connectivity index (χ4v) is 3.91. The lowest BCUT2D eigenvalue weighted by Gasteiger charge is -2.37. The molecule has 3 aliphatic heterocycles. The first-order chi connectivity index (χ1) is 14.2. The van der Waals surface area contributed by atoms with Crippen molar-refractivity contribution in [1.82, 2.24) is 19.4 Å². The maximum Gasteiger partial charge on any atom is 0.490 e. The van der Waals surface area contributed by atoms with E-state index in [1.807, 2.05) is 11.9 Å². The lowest BCUT2D eigenvalue weighted by molar-refractivity contribution is -0.192. The number of hydrogen-bond acceptors (Lipinski definition) is 6. The van der Waals surface area contributed by atoms with Crippen LogP contribution in [0.4, 0.5) is 13.2 Å². The molecule has 3 aliphatic rings. The monoisotopic (exact) mass is 434 g/mol. The highest BCUT2D eigenvalue weighted by molar-refractivity contribution is 5.91. The molecule has 1 unspecified atom stereocenters. The van der Waals surface area contributed by atoms with Gasteiger partial charge in [-0.1, -0.05) is 0 Å². The lowest BCUT2D eigenvalue weighted by Crippen LogP contribution is -2.52. The van der Waals surface area contributed by atoms with Gasteiger partial charge in [-0.15, -0.1) is 0 Å². The van der Waals surface area contributed by atoms with E-state index in [9.17, 15) is 18.0 Å². The molecule has 168 valence electrons. The number of nitrogens with zero attached hydrogens (tertiary/aromatic N) is 4. The summed E-state index contributed by atoms with van der Waals surface area (Å²) in [5, 5.41) is 7.12. The van der Waals surface area contributed by atoms with Crippen LogP contribution in [0, 0.1) is 0 Å². The molecule has 0 spiro atoms. The molecule has 1 aromatic rings. The number of aryl methyl sites for hydroxylation is 1. The van der Waals surface area contributed by atoms with E-state index in [-0.39, 0.29) is 18.1 Å². The van der Waals surface area contributed by atoms with Crippen LogP contribution in [0.25, 0.3) is 0 Å². The summed E-state index contributed by atoms with van der Waals surface area (Å²) in [7, 11) is 1.85. The largest absolute Gasteiger partial charge is 0.490 e. The number of aliphatic carboxylic acids is 1. The van der Waals surface area contributed by atoms with E-state index in [2.05, 4.69) is 9.88 Å².